The average Bonchev–Trinajstić information content (AvgIpc) is 3.38. The summed E-state index contributed by atoms with van der Waals surface area (Å²) in [6.07, 6.45) is 2.88. The van der Waals surface area contributed by atoms with Crippen molar-refractivity contribution in [1.29, 1.82) is 0 Å². The first kappa shape index (κ1) is 19.7. The summed E-state index contributed by atoms with van der Waals surface area (Å²) in [5.41, 5.74) is 1.41. The molecule has 8 heteroatoms. The van der Waals surface area contributed by atoms with Crippen molar-refractivity contribution in [3.63, 3.8) is 0 Å². The van der Waals surface area contributed by atoms with Gasteiger partial charge >= 0.3 is 0 Å². The minimum atomic E-state index is 0. The Labute approximate surface area is 165 Å². The van der Waals surface area contributed by atoms with Crippen LogP contribution >= 0.6 is 12.4 Å². The van der Waals surface area contributed by atoms with Crippen molar-refractivity contribution in [2.75, 3.05) is 46.4 Å². The molecule has 2 saturated heterocycles. The van der Waals surface area contributed by atoms with Crippen LogP contribution in [0.5, 0.6) is 5.75 Å². The Balaban J connectivity index is 0.00000210. The molecule has 2 aliphatic rings. The minimum Gasteiger partial charge on any atom is -0.497 e. The molecule has 1 unspecified atom stereocenters. The Morgan fingerprint density at radius 3 is 2.59 bits per heavy atom. The van der Waals surface area contributed by atoms with Gasteiger partial charge in [0.25, 0.3) is 5.91 Å². The largest absolute Gasteiger partial charge is 0.497 e. The number of hydrogen-bond donors (Lipinski definition) is 1. The molecule has 2 fully saturated rings. The first-order valence-electron chi connectivity index (χ1n) is 9.19. The van der Waals surface area contributed by atoms with Gasteiger partial charge in [-0.2, -0.15) is 5.10 Å². The molecule has 1 amide bonds. The smallest absolute Gasteiger partial charge is 0.274 e. The number of carbonyl (C=O) groups is 1. The van der Waals surface area contributed by atoms with Crippen molar-refractivity contribution < 1.29 is 9.53 Å². The number of amides is 1. The summed E-state index contributed by atoms with van der Waals surface area (Å²) in [5.74, 6) is 0.822. The molecule has 2 aromatic rings. The van der Waals surface area contributed by atoms with Crippen LogP contribution in [-0.2, 0) is 0 Å². The molecule has 0 radical (unpaired) electrons. The van der Waals surface area contributed by atoms with Gasteiger partial charge < -0.3 is 15.0 Å². The zero-order valence-electron chi connectivity index (χ0n) is 15.5. The number of likely N-dealkylation sites (tertiary alicyclic amines) is 1. The summed E-state index contributed by atoms with van der Waals surface area (Å²) in [7, 11) is 1.64. The fraction of sp³-hybridized carbons (Fsp3) is 0.474. The van der Waals surface area contributed by atoms with E-state index in [1.54, 1.807) is 17.9 Å². The third-order valence-corrected chi connectivity index (χ3v) is 5.26. The monoisotopic (exact) mass is 391 g/mol. The number of hydrogen-bond acceptors (Lipinski definition) is 5. The predicted octanol–water partition coefficient (Wildman–Crippen LogP) is 1.42. The fourth-order valence-corrected chi connectivity index (χ4v) is 3.75. The van der Waals surface area contributed by atoms with E-state index in [2.05, 4.69) is 15.3 Å². The lowest BCUT2D eigenvalue weighted by molar-refractivity contribution is 0.0767. The Hall–Kier alpha value is -2.09. The van der Waals surface area contributed by atoms with Crippen LogP contribution < -0.4 is 10.1 Å². The van der Waals surface area contributed by atoms with Gasteiger partial charge in [0.05, 0.1) is 12.8 Å². The molecular weight excluding hydrogens is 366 g/mol. The number of nitrogens with zero attached hydrogens (tertiary/aromatic N) is 4. The molecule has 0 saturated carbocycles. The van der Waals surface area contributed by atoms with Gasteiger partial charge in [-0.3, -0.25) is 9.69 Å². The van der Waals surface area contributed by atoms with Crippen LogP contribution in [0.1, 0.15) is 16.9 Å². The maximum Gasteiger partial charge on any atom is 0.274 e. The molecule has 1 aromatic heterocycles. The molecule has 0 spiro atoms. The topological polar surface area (TPSA) is 62.6 Å². The molecule has 2 aliphatic heterocycles. The summed E-state index contributed by atoms with van der Waals surface area (Å²) in [4.78, 5) is 17.3. The van der Waals surface area contributed by atoms with Gasteiger partial charge in [0, 0.05) is 51.5 Å². The average molecular weight is 392 g/mol. The number of methoxy groups -OCH3 is 1. The molecule has 27 heavy (non-hydrogen) atoms. The van der Waals surface area contributed by atoms with Crippen LogP contribution in [0.2, 0.25) is 0 Å². The van der Waals surface area contributed by atoms with Gasteiger partial charge in [-0.25, -0.2) is 4.68 Å². The highest BCUT2D eigenvalue weighted by molar-refractivity contribution is 5.92. The molecular formula is C19H26ClN5O2. The molecule has 1 atom stereocenters. The third-order valence-electron chi connectivity index (χ3n) is 5.26. The maximum absolute atomic E-state index is 12.8. The van der Waals surface area contributed by atoms with Gasteiger partial charge in [-0.05, 0) is 36.8 Å². The summed E-state index contributed by atoms with van der Waals surface area (Å²) in [5, 5.41) is 7.86. The van der Waals surface area contributed by atoms with E-state index < -0.39 is 0 Å². The number of aromatic nitrogens is 2. The van der Waals surface area contributed by atoms with Gasteiger partial charge in [0.2, 0.25) is 0 Å². The van der Waals surface area contributed by atoms with Crippen LogP contribution in [0, 0.1) is 0 Å². The first-order valence-corrected chi connectivity index (χ1v) is 9.19. The van der Waals surface area contributed by atoms with Gasteiger partial charge in [-0.1, -0.05) is 0 Å². The van der Waals surface area contributed by atoms with Crippen LogP contribution in [0.15, 0.2) is 36.5 Å². The lowest BCUT2D eigenvalue weighted by Crippen LogP contribution is -2.49. The van der Waals surface area contributed by atoms with Gasteiger partial charge in [0.15, 0.2) is 5.69 Å². The van der Waals surface area contributed by atoms with E-state index in [4.69, 9.17) is 4.74 Å². The normalized spacial score (nSPS) is 20.3. The molecule has 1 aromatic carbocycles. The second-order valence-electron chi connectivity index (χ2n) is 6.82. The molecule has 1 N–H and O–H groups in total. The van der Waals surface area contributed by atoms with Crippen LogP contribution in [0.4, 0.5) is 0 Å². The van der Waals surface area contributed by atoms with E-state index in [0.29, 0.717) is 11.7 Å². The number of benzene rings is 1. The molecule has 0 aliphatic carbocycles. The Morgan fingerprint density at radius 2 is 1.89 bits per heavy atom. The highest BCUT2D eigenvalue weighted by Crippen LogP contribution is 2.19. The third kappa shape index (κ3) is 4.26. The number of ether oxygens (including phenoxy) is 1. The SMILES string of the molecule is COc1ccc(-n2ccc(C(=O)N3CCC(N4CCNCC4)C3)n2)cc1.Cl. The summed E-state index contributed by atoms with van der Waals surface area (Å²) < 4.78 is 6.91. The molecule has 146 valence electrons. The summed E-state index contributed by atoms with van der Waals surface area (Å²) >= 11 is 0. The summed E-state index contributed by atoms with van der Waals surface area (Å²) in [6.45, 7) is 5.82. The van der Waals surface area contributed by atoms with Crippen molar-refractivity contribution in [2.45, 2.75) is 12.5 Å². The zero-order valence-corrected chi connectivity index (χ0v) is 16.3. The standard InChI is InChI=1S/C19H25N5O2.ClH/c1-26-17-4-2-15(3-5-17)24-11-7-18(21-24)19(25)23-10-6-16(14-23)22-12-8-20-9-13-22;/h2-5,7,11,16,20H,6,8-10,12-14H2,1H3;1H. The lowest BCUT2D eigenvalue weighted by atomic mass is 10.2. The van der Waals surface area contributed by atoms with Gasteiger partial charge in [0.1, 0.15) is 5.75 Å². The number of carbonyl (C=O) groups excluding carboxylic acids is 1. The quantitative estimate of drug-likeness (QED) is 0.854. The molecule has 3 heterocycles. The second-order valence-corrected chi connectivity index (χ2v) is 6.82. The van der Waals surface area contributed by atoms with E-state index in [1.807, 2.05) is 35.4 Å². The minimum absolute atomic E-state index is 0. The molecule has 4 rings (SSSR count). The molecule has 0 bridgehead atoms. The predicted molar refractivity (Wildman–Crippen MR) is 106 cm³/mol. The van der Waals surface area contributed by atoms with E-state index in [9.17, 15) is 4.79 Å². The molecule has 7 nitrogen and oxygen atoms in total. The Kier molecular flexibility index (Phi) is 6.36. The Bertz CT molecular complexity index is 758. The van der Waals surface area contributed by atoms with Crippen LogP contribution in [-0.4, -0.2) is 77.9 Å². The van der Waals surface area contributed by atoms with E-state index in [-0.39, 0.29) is 18.3 Å². The van der Waals surface area contributed by atoms with Crippen LogP contribution in [0.25, 0.3) is 5.69 Å². The van der Waals surface area contributed by atoms with Crippen molar-refractivity contribution in [1.82, 2.24) is 24.9 Å². The Morgan fingerprint density at radius 1 is 1.15 bits per heavy atom. The second kappa shape index (κ2) is 8.73. The highest BCUT2D eigenvalue weighted by atomic mass is 35.5. The highest BCUT2D eigenvalue weighted by Gasteiger charge is 2.32. The van der Waals surface area contributed by atoms with Crippen molar-refractivity contribution in [3.8, 4) is 11.4 Å². The number of halogens is 1. The van der Waals surface area contributed by atoms with Crippen LogP contribution in [0.3, 0.4) is 0 Å². The fourth-order valence-electron chi connectivity index (χ4n) is 3.75. The first-order chi connectivity index (χ1) is 12.7. The van der Waals surface area contributed by atoms with E-state index >= 15 is 0 Å². The zero-order chi connectivity index (χ0) is 17.9. The van der Waals surface area contributed by atoms with Crippen molar-refractivity contribution in [2.24, 2.45) is 0 Å². The number of piperazine rings is 1. The number of nitrogens with one attached hydrogen (secondary N) is 1. The van der Waals surface area contributed by atoms with Crippen molar-refractivity contribution in [3.05, 3.63) is 42.2 Å². The van der Waals surface area contributed by atoms with Crippen molar-refractivity contribution >= 4 is 18.3 Å². The lowest BCUT2D eigenvalue weighted by Gasteiger charge is -2.32. The maximum atomic E-state index is 12.8. The van der Waals surface area contributed by atoms with Gasteiger partial charge in [-0.15, -0.1) is 12.4 Å². The number of rotatable bonds is 4. The summed E-state index contributed by atoms with van der Waals surface area (Å²) in [6, 6.07) is 9.90. The van der Waals surface area contributed by atoms with E-state index in [1.165, 1.54) is 0 Å². The van der Waals surface area contributed by atoms with E-state index in [0.717, 1.165) is 57.1 Å².